The lowest BCUT2D eigenvalue weighted by atomic mass is 9.88. The molecule has 7 rings (SSSR count). The zero-order valence-electron chi connectivity index (χ0n) is 32.6. The van der Waals surface area contributed by atoms with E-state index in [1.807, 2.05) is 60.7 Å². The van der Waals surface area contributed by atoms with Gasteiger partial charge in [0, 0.05) is 74.4 Å². The van der Waals surface area contributed by atoms with E-state index in [2.05, 4.69) is 25.9 Å². The third-order valence-electron chi connectivity index (χ3n) is 10.6. The van der Waals surface area contributed by atoms with Gasteiger partial charge in [0.25, 0.3) is 17.7 Å². The number of urea groups is 1. The Morgan fingerprint density at radius 1 is 0.850 bits per heavy atom. The van der Waals surface area contributed by atoms with Crippen LogP contribution in [0.3, 0.4) is 0 Å². The average molecular weight is 814 g/mol. The lowest BCUT2D eigenvalue weighted by Gasteiger charge is -2.30. The van der Waals surface area contributed by atoms with Crippen molar-refractivity contribution >= 4 is 63.8 Å². The van der Waals surface area contributed by atoms with E-state index in [4.69, 9.17) is 5.10 Å². The normalized spacial score (nSPS) is 16.5. The summed E-state index contributed by atoms with van der Waals surface area (Å²) >= 11 is 0. The van der Waals surface area contributed by atoms with Crippen molar-refractivity contribution in [3.8, 4) is 0 Å². The predicted molar refractivity (Wildman–Crippen MR) is 218 cm³/mol. The molecule has 2 aromatic heterocycles. The number of aliphatic carboxylic acids is 1. The summed E-state index contributed by atoms with van der Waals surface area (Å²) in [4.78, 5) is 98.0. The molecular formula is C43H43N9O8. The van der Waals surface area contributed by atoms with Crippen molar-refractivity contribution in [2.75, 3.05) is 25.0 Å². The van der Waals surface area contributed by atoms with Gasteiger partial charge in [0.2, 0.25) is 11.8 Å². The van der Waals surface area contributed by atoms with Crippen LogP contribution in [0.5, 0.6) is 0 Å². The van der Waals surface area contributed by atoms with Crippen molar-refractivity contribution in [2.45, 2.75) is 63.6 Å². The van der Waals surface area contributed by atoms with Crippen LogP contribution < -0.4 is 16.0 Å². The number of carboxylic acid groups (broad SMARTS) is 1. The number of carboxylic acids is 1. The number of unbranched alkanes of at least 4 members (excludes halogenated alkanes) is 3. The molecule has 17 nitrogen and oxygen atoms in total. The Morgan fingerprint density at radius 2 is 1.62 bits per heavy atom. The fourth-order valence-electron chi connectivity index (χ4n) is 7.30. The molecule has 3 aliphatic heterocycles. The van der Waals surface area contributed by atoms with Crippen LogP contribution in [0.2, 0.25) is 0 Å². The highest BCUT2D eigenvalue weighted by atomic mass is 16.4. The molecule has 17 heteroatoms. The van der Waals surface area contributed by atoms with Crippen LogP contribution in [0.25, 0.3) is 10.9 Å². The molecule has 0 saturated carbocycles. The Hall–Kier alpha value is -7.30. The Morgan fingerprint density at radius 3 is 2.38 bits per heavy atom. The molecule has 308 valence electrons. The largest absolute Gasteiger partial charge is 0.480 e. The highest BCUT2D eigenvalue weighted by Crippen LogP contribution is 2.32. The minimum atomic E-state index is -1.55. The number of benzene rings is 2. The highest BCUT2D eigenvalue weighted by Gasteiger charge is 2.33. The first-order valence-electron chi connectivity index (χ1n) is 19.7. The van der Waals surface area contributed by atoms with E-state index in [0.717, 1.165) is 57.4 Å². The van der Waals surface area contributed by atoms with Gasteiger partial charge in [-0.25, -0.2) is 14.6 Å². The molecule has 2 atom stereocenters. The van der Waals surface area contributed by atoms with Crippen LogP contribution in [0.1, 0.15) is 66.7 Å². The number of hydrazone groups is 1. The van der Waals surface area contributed by atoms with Gasteiger partial charge in [-0.15, -0.1) is 0 Å². The number of carbonyl (C=O) groups excluding carboxylic acids is 6. The number of nitrogens with one attached hydrogen (secondary N) is 3. The monoisotopic (exact) mass is 813 g/mol. The first kappa shape index (κ1) is 40.9. The number of aromatic nitrogens is 2. The maximum Gasteiger partial charge on any atom is 0.326 e. The van der Waals surface area contributed by atoms with Gasteiger partial charge in [0.15, 0.2) is 0 Å². The Balaban J connectivity index is 0.917. The Kier molecular flexibility index (Phi) is 12.6. The maximum absolute atomic E-state index is 14.0. The minimum absolute atomic E-state index is 0.123. The lowest BCUT2D eigenvalue weighted by molar-refractivity contribution is -0.145. The van der Waals surface area contributed by atoms with Crippen molar-refractivity contribution in [1.82, 2.24) is 35.4 Å². The topological polar surface area (TPSA) is 224 Å². The van der Waals surface area contributed by atoms with E-state index in [0.29, 0.717) is 55.9 Å². The second-order valence-corrected chi connectivity index (χ2v) is 14.8. The van der Waals surface area contributed by atoms with E-state index < -0.39 is 54.5 Å². The number of rotatable bonds is 16. The molecular weight excluding hydrogens is 771 g/mol. The molecule has 7 amide bonds. The van der Waals surface area contributed by atoms with Gasteiger partial charge in [-0.3, -0.25) is 38.8 Å². The zero-order chi connectivity index (χ0) is 42.2. The van der Waals surface area contributed by atoms with Gasteiger partial charge in [0.1, 0.15) is 12.6 Å². The highest BCUT2D eigenvalue weighted by molar-refractivity contribution is 6.14. The molecule has 0 aliphatic carbocycles. The zero-order valence-corrected chi connectivity index (χ0v) is 32.6. The predicted octanol–water partition coefficient (Wildman–Crippen LogP) is 3.46. The fourth-order valence-corrected chi connectivity index (χ4v) is 7.30. The van der Waals surface area contributed by atoms with Gasteiger partial charge in [-0.2, -0.15) is 5.10 Å². The van der Waals surface area contributed by atoms with Gasteiger partial charge in [-0.05, 0) is 65.4 Å². The summed E-state index contributed by atoms with van der Waals surface area (Å²) in [6, 6.07) is 17.3. The summed E-state index contributed by atoms with van der Waals surface area (Å²) in [6.45, 7) is 0.976. The molecule has 0 radical (unpaired) electrons. The summed E-state index contributed by atoms with van der Waals surface area (Å²) in [5.74, 6) is -4.88. The van der Waals surface area contributed by atoms with E-state index in [-0.39, 0.29) is 18.5 Å². The first-order chi connectivity index (χ1) is 29.0. The molecule has 5 heterocycles. The van der Waals surface area contributed by atoms with Crippen molar-refractivity contribution in [3.05, 3.63) is 114 Å². The molecule has 3 aliphatic rings. The molecule has 60 heavy (non-hydrogen) atoms. The van der Waals surface area contributed by atoms with Crippen LogP contribution in [-0.2, 0) is 41.9 Å². The van der Waals surface area contributed by atoms with Crippen molar-refractivity contribution in [3.63, 3.8) is 0 Å². The van der Waals surface area contributed by atoms with Gasteiger partial charge in [0.05, 0.1) is 23.6 Å². The number of hydrogen-bond acceptors (Lipinski definition) is 10. The Labute approximate surface area is 344 Å². The van der Waals surface area contributed by atoms with Crippen LogP contribution in [0.15, 0.2) is 96.5 Å². The van der Waals surface area contributed by atoms with Crippen LogP contribution in [0, 0.1) is 0 Å². The van der Waals surface area contributed by atoms with E-state index in [9.17, 15) is 38.7 Å². The molecule has 4 N–H and O–H groups in total. The van der Waals surface area contributed by atoms with Gasteiger partial charge >= 0.3 is 12.0 Å². The number of pyridine rings is 2. The lowest BCUT2D eigenvalue weighted by Crippen LogP contribution is -2.48. The fraction of sp³-hybridized carbons (Fsp3) is 0.302. The number of anilines is 1. The quantitative estimate of drug-likeness (QED) is 0.0953. The standard InChI is InChI=1S/C43H43N9O8/c53-37(22-36(42(58)59)48-38(54)26-51-39(55)13-14-40(51)56)46-16-3-1-2-4-19-52-41(57)33(29-8-7-27-6-5-17-45-34(27)20-29)21-35(49-52)28-9-11-32(12-10-28)47-43(60)50-24-30-15-18-44-23-31(30)25-50/h5-15,17-18,20,23,33,36H,1-4,16,19,21-22,24-26H2,(H,46,53)(H,47,60)(H,48,54)(H,58,59). The van der Waals surface area contributed by atoms with E-state index >= 15 is 0 Å². The third-order valence-corrected chi connectivity index (χ3v) is 10.6. The van der Waals surface area contributed by atoms with Crippen molar-refractivity contribution < 1.29 is 38.7 Å². The minimum Gasteiger partial charge on any atom is -0.480 e. The molecule has 2 aromatic carbocycles. The summed E-state index contributed by atoms with van der Waals surface area (Å²) in [6.07, 6.45) is 9.73. The number of amides is 7. The molecule has 0 spiro atoms. The molecule has 0 fully saturated rings. The third kappa shape index (κ3) is 9.86. The summed E-state index contributed by atoms with van der Waals surface area (Å²) in [5, 5.41) is 24.7. The Bertz CT molecular complexity index is 2360. The number of carbonyl (C=O) groups is 7. The summed E-state index contributed by atoms with van der Waals surface area (Å²) in [7, 11) is 0. The smallest absolute Gasteiger partial charge is 0.326 e. The van der Waals surface area contributed by atoms with Crippen LogP contribution in [-0.4, -0.2) is 103 Å². The maximum atomic E-state index is 14.0. The molecule has 4 aromatic rings. The first-order valence-corrected chi connectivity index (χ1v) is 19.7. The SMILES string of the molecule is O=C(CC(NC(=O)CN1C(=O)C=CC1=O)C(=O)O)NCCCCCCN1N=C(c2ccc(NC(=O)N3Cc4ccncc4C3)cc2)CC(c2ccc3cccnc3c2)C1=O. The average Bonchev–Trinajstić information content (AvgIpc) is 3.83. The van der Waals surface area contributed by atoms with Crippen LogP contribution in [0.4, 0.5) is 10.5 Å². The molecule has 0 bridgehead atoms. The number of nitrogens with zero attached hydrogens (tertiary/aromatic N) is 6. The number of hydrogen-bond donors (Lipinski definition) is 4. The molecule has 0 saturated heterocycles. The number of imide groups is 1. The van der Waals surface area contributed by atoms with E-state index in [1.54, 1.807) is 23.5 Å². The van der Waals surface area contributed by atoms with Gasteiger partial charge in [-0.1, -0.05) is 43.2 Å². The molecule has 2 unspecified atom stereocenters. The van der Waals surface area contributed by atoms with Crippen molar-refractivity contribution in [1.29, 1.82) is 0 Å². The van der Waals surface area contributed by atoms with E-state index in [1.165, 1.54) is 5.01 Å². The van der Waals surface area contributed by atoms with Gasteiger partial charge < -0.3 is 26.0 Å². The summed E-state index contributed by atoms with van der Waals surface area (Å²) in [5.41, 5.74) is 5.92. The van der Waals surface area contributed by atoms with Crippen LogP contribution >= 0.6 is 0 Å². The second kappa shape index (κ2) is 18.5. The second-order valence-electron chi connectivity index (χ2n) is 14.8. The number of fused-ring (bicyclic) bond motifs is 2. The summed E-state index contributed by atoms with van der Waals surface area (Å²) < 4.78 is 0. The van der Waals surface area contributed by atoms with Crippen molar-refractivity contribution in [2.24, 2.45) is 5.10 Å².